The number of para-hydroxylation sites is 1. The summed E-state index contributed by atoms with van der Waals surface area (Å²) in [6.07, 6.45) is 5.39. The Bertz CT molecular complexity index is 725. The van der Waals surface area contributed by atoms with E-state index >= 15 is 0 Å². The second-order valence-electron chi connectivity index (χ2n) is 5.70. The lowest BCUT2D eigenvalue weighted by molar-refractivity contribution is 0.421. The fourth-order valence-electron chi connectivity index (χ4n) is 3.62. The van der Waals surface area contributed by atoms with Crippen LogP contribution in [0, 0.1) is 11.7 Å². The number of nitrogens with one attached hydrogen (secondary N) is 1. The summed E-state index contributed by atoms with van der Waals surface area (Å²) in [5, 5.41) is 4.13. The van der Waals surface area contributed by atoms with E-state index < -0.39 is 0 Å². The molecular formula is C18H15ClFN. The van der Waals surface area contributed by atoms with Gasteiger partial charge in [0.25, 0.3) is 0 Å². The summed E-state index contributed by atoms with van der Waals surface area (Å²) < 4.78 is 14.2. The largest absolute Gasteiger partial charge is 0.375 e. The molecule has 1 aliphatic carbocycles. The van der Waals surface area contributed by atoms with E-state index in [0.29, 0.717) is 11.6 Å². The Hall–Kier alpha value is -1.80. The SMILES string of the molecule is Fc1cccc2c1NC(c1ccccc1Cl)C1CC=CC21. The smallest absolute Gasteiger partial charge is 0.146 e. The maximum atomic E-state index is 14.2. The second kappa shape index (κ2) is 4.88. The average Bonchev–Trinajstić information content (AvgIpc) is 2.97. The predicted octanol–water partition coefficient (Wildman–Crippen LogP) is 5.31. The number of rotatable bonds is 1. The van der Waals surface area contributed by atoms with Crippen LogP contribution in [0.1, 0.15) is 29.5 Å². The summed E-state index contributed by atoms with van der Waals surface area (Å²) in [7, 11) is 0. The fourth-order valence-corrected chi connectivity index (χ4v) is 3.87. The number of allylic oxidation sites excluding steroid dienone is 2. The molecule has 0 saturated carbocycles. The summed E-state index contributed by atoms with van der Waals surface area (Å²) >= 11 is 6.36. The van der Waals surface area contributed by atoms with Gasteiger partial charge in [-0.25, -0.2) is 4.39 Å². The number of fused-ring (bicyclic) bond motifs is 3. The van der Waals surface area contributed by atoms with Gasteiger partial charge < -0.3 is 5.32 Å². The lowest BCUT2D eigenvalue weighted by Crippen LogP contribution is -2.29. The van der Waals surface area contributed by atoms with Crippen LogP contribution in [0.2, 0.25) is 5.02 Å². The Morgan fingerprint density at radius 2 is 1.86 bits per heavy atom. The second-order valence-corrected chi connectivity index (χ2v) is 6.11. The van der Waals surface area contributed by atoms with Crippen LogP contribution in [-0.4, -0.2) is 0 Å². The van der Waals surface area contributed by atoms with Crippen LogP contribution < -0.4 is 5.32 Å². The number of anilines is 1. The van der Waals surface area contributed by atoms with Crippen molar-refractivity contribution in [3.05, 3.63) is 76.6 Å². The lowest BCUT2D eigenvalue weighted by atomic mass is 9.77. The van der Waals surface area contributed by atoms with Crippen LogP contribution >= 0.6 is 11.6 Å². The van der Waals surface area contributed by atoms with Gasteiger partial charge in [-0.05, 0) is 35.6 Å². The quantitative estimate of drug-likeness (QED) is 0.704. The highest BCUT2D eigenvalue weighted by molar-refractivity contribution is 6.31. The molecule has 1 N–H and O–H groups in total. The van der Waals surface area contributed by atoms with E-state index in [4.69, 9.17) is 11.6 Å². The first-order valence-electron chi connectivity index (χ1n) is 7.22. The third-order valence-corrected chi connectivity index (χ3v) is 4.93. The molecule has 1 heterocycles. The van der Waals surface area contributed by atoms with Gasteiger partial charge in [0, 0.05) is 10.9 Å². The molecule has 2 aromatic rings. The molecule has 2 aromatic carbocycles. The minimum atomic E-state index is -0.191. The maximum absolute atomic E-state index is 14.2. The Morgan fingerprint density at radius 3 is 2.71 bits per heavy atom. The first-order valence-corrected chi connectivity index (χ1v) is 7.59. The molecule has 3 heteroatoms. The highest BCUT2D eigenvalue weighted by atomic mass is 35.5. The van der Waals surface area contributed by atoms with Gasteiger partial charge >= 0.3 is 0 Å². The molecule has 1 aliphatic heterocycles. The van der Waals surface area contributed by atoms with E-state index in [1.165, 1.54) is 6.07 Å². The van der Waals surface area contributed by atoms with E-state index in [2.05, 4.69) is 17.5 Å². The normalized spacial score (nSPS) is 26.1. The Balaban J connectivity index is 1.85. The molecule has 0 fully saturated rings. The minimum absolute atomic E-state index is 0.0445. The third-order valence-electron chi connectivity index (χ3n) is 4.59. The standard InChI is InChI=1S/C18H15ClFN/c19-15-9-2-1-5-14(15)17-12-7-3-6-11(12)13-8-4-10-16(20)18(13)21-17/h1-6,8-12,17,21H,7H2. The monoisotopic (exact) mass is 299 g/mol. The Morgan fingerprint density at radius 1 is 1.05 bits per heavy atom. The predicted molar refractivity (Wildman–Crippen MR) is 84.2 cm³/mol. The maximum Gasteiger partial charge on any atom is 0.146 e. The van der Waals surface area contributed by atoms with E-state index in [1.807, 2.05) is 30.3 Å². The molecule has 0 bridgehead atoms. The van der Waals surface area contributed by atoms with Crippen LogP contribution in [0.25, 0.3) is 0 Å². The first kappa shape index (κ1) is 12.9. The summed E-state index contributed by atoms with van der Waals surface area (Å²) in [5.41, 5.74) is 2.72. The lowest BCUT2D eigenvalue weighted by Gasteiger charge is -2.37. The molecule has 0 amide bonds. The van der Waals surface area contributed by atoms with Crippen LogP contribution in [0.15, 0.2) is 54.6 Å². The molecule has 0 aromatic heterocycles. The van der Waals surface area contributed by atoms with Gasteiger partial charge in [-0.1, -0.05) is 54.1 Å². The van der Waals surface area contributed by atoms with E-state index in [9.17, 15) is 4.39 Å². The summed E-state index contributed by atoms with van der Waals surface area (Å²) in [4.78, 5) is 0. The van der Waals surface area contributed by atoms with Crippen molar-refractivity contribution in [2.24, 2.45) is 5.92 Å². The zero-order valence-electron chi connectivity index (χ0n) is 11.4. The van der Waals surface area contributed by atoms with Crippen molar-refractivity contribution in [2.75, 3.05) is 5.32 Å². The van der Waals surface area contributed by atoms with Crippen molar-refractivity contribution < 1.29 is 4.39 Å². The van der Waals surface area contributed by atoms with Crippen molar-refractivity contribution >= 4 is 17.3 Å². The molecule has 0 saturated heterocycles. The van der Waals surface area contributed by atoms with Gasteiger partial charge in [0.1, 0.15) is 5.82 Å². The molecule has 3 atom stereocenters. The van der Waals surface area contributed by atoms with Crippen LogP contribution in [-0.2, 0) is 0 Å². The molecule has 21 heavy (non-hydrogen) atoms. The molecule has 0 radical (unpaired) electrons. The third kappa shape index (κ3) is 1.97. The van der Waals surface area contributed by atoms with Crippen molar-refractivity contribution in [2.45, 2.75) is 18.4 Å². The highest BCUT2D eigenvalue weighted by Gasteiger charge is 2.39. The average molecular weight is 300 g/mol. The summed E-state index contributed by atoms with van der Waals surface area (Å²) in [5.74, 6) is 0.459. The van der Waals surface area contributed by atoms with E-state index in [-0.39, 0.29) is 17.8 Å². The van der Waals surface area contributed by atoms with E-state index in [0.717, 1.165) is 22.6 Å². The van der Waals surface area contributed by atoms with Gasteiger partial charge in [0.05, 0.1) is 11.7 Å². The highest BCUT2D eigenvalue weighted by Crippen LogP contribution is 2.51. The first-order chi connectivity index (χ1) is 10.3. The number of hydrogen-bond acceptors (Lipinski definition) is 1. The zero-order valence-corrected chi connectivity index (χ0v) is 12.1. The minimum Gasteiger partial charge on any atom is -0.375 e. The van der Waals surface area contributed by atoms with Gasteiger partial charge in [-0.2, -0.15) is 0 Å². The van der Waals surface area contributed by atoms with Crippen LogP contribution in [0.4, 0.5) is 10.1 Å². The van der Waals surface area contributed by atoms with Gasteiger partial charge in [0.2, 0.25) is 0 Å². The van der Waals surface area contributed by atoms with E-state index in [1.54, 1.807) is 6.07 Å². The van der Waals surface area contributed by atoms with Gasteiger partial charge in [-0.15, -0.1) is 0 Å². The van der Waals surface area contributed by atoms with Gasteiger partial charge in [-0.3, -0.25) is 0 Å². The molecule has 4 rings (SSSR count). The summed E-state index contributed by atoms with van der Waals surface area (Å²) in [6, 6.07) is 13.2. The molecule has 2 aliphatic rings. The van der Waals surface area contributed by atoms with Crippen molar-refractivity contribution in [1.82, 2.24) is 0 Å². The molecular weight excluding hydrogens is 285 g/mol. The van der Waals surface area contributed by atoms with Crippen molar-refractivity contribution in [1.29, 1.82) is 0 Å². The van der Waals surface area contributed by atoms with Crippen molar-refractivity contribution in [3.8, 4) is 0 Å². The molecule has 3 unspecified atom stereocenters. The van der Waals surface area contributed by atoms with Crippen molar-refractivity contribution in [3.63, 3.8) is 0 Å². The number of benzene rings is 2. The fraction of sp³-hybridized carbons (Fsp3) is 0.222. The van der Waals surface area contributed by atoms with Crippen LogP contribution in [0.5, 0.6) is 0 Å². The number of halogens is 2. The molecule has 106 valence electrons. The topological polar surface area (TPSA) is 12.0 Å². The Kier molecular flexibility index (Phi) is 3.00. The Labute approximate surface area is 128 Å². The van der Waals surface area contributed by atoms with Gasteiger partial charge in [0.15, 0.2) is 0 Å². The van der Waals surface area contributed by atoms with Crippen LogP contribution in [0.3, 0.4) is 0 Å². The molecule has 1 nitrogen and oxygen atoms in total. The summed E-state index contributed by atoms with van der Waals surface area (Å²) in [6.45, 7) is 0. The molecule has 0 spiro atoms. The number of hydrogen-bond donors (Lipinski definition) is 1. The zero-order chi connectivity index (χ0) is 14.4.